The molecule has 0 rings (SSSR count). The van der Waals surface area contributed by atoms with Crippen LogP contribution in [0.3, 0.4) is 0 Å². The first kappa shape index (κ1) is 8.43. The van der Waals surface area contributed by atoms with E-state index in [-0.39, 0.29) is 12.4 Å². The van der Waals surface area contributed by atoms with Crippen molar-refractivity contribution in [3.63, 3.8) is 0 Å². The zero-order chi connectivity index (χ0) is 7.28. The van der Waals surface area contributed by atoms with Crippen LogP contribution in [0.25, 0.3) is 0 Å². The maximum Gasteiger partial charge on any atom is 0.307 e. The van der Waals surface area contributed by atoms with Crippen LogP contribution in [0.2, 0.25) is 0 Å². The van der Waals surface area contributed by atoms with E-state index in [1.54, 1.807) is 13.8 Å². The largest absolute Gasteiger partial charge is 0.466 e. The Morgan fingerprint density at radius 1 is 1.67 bits per heavy atom. The van der Waals surface area contributed by atoms with Crippen LogP contribution >= 0.6 is 0 Å². The lowest BCUT2D eigenvalue weighted by atomic mass is 10.3. The fraction of sp³-hybridized carbons (Fsp3) is 0.667. The van der Waals surface area contributed by atoms with Crippen LogP contribution in [-0.2, 0) is 9.53 Å². The van der Waals surface area contributed by atoms with Crippen LogP contribution in [0.5, 0.6) is 0 Å². The van der Waals surface area contributed by atoms with Crippen LogP contribution in [0, 0.1) is 6.04 Å². The number of esters is 1. The molecule has 0 aromatic heterocycles. The van der Waals surface area contributed by atoms with Crippen molar-refractivity contribution >= 4 is 5.97 Å². The number of rotatable bonds is 3. The molecule has 0 unspecified atom stereocenters. The van der Waals surface area contributed by atoms with Crippen molar-refractivity contribution in [2.45, 2.75) is 20.3 Å². The van der Waals surface area contributed by atoms with Gasteiger partial charge < -0.3 is 10.5 Å². The zero-order valence-electron chi connectivity index (χ0n) is 5.81. The van der Waals surface area contributed by atoms with Gasteiger partial charge in [-0.25, -0.2) is 0 Å². The Kier molecular flexibility index (Phi) is 4.05. The van der Waals surface area contributed by atoms with Gasteiger partial charge in [0.15, 0.2) is 0 Å². The lowest BCUT2D eigenvalue weighted by Crippen LogP contribution is -2.13. The summed E-state index contributed by atoms with van der Waals surface area (Å²) in [5.41, 5.74) is 5.24. The van der Waals surface area contributed by atoms with Crippen molar-refractivity contribution in [1.29, 1.82) is 0 Å². The number of hydrogen-bond acceptors (Lipinski definition) is 3. The lowest BCUT2D eigenvalue weighted by Gasteiger charge is -2.02. The van der Waals surface area contributed by atoms with Gasteiger partial charge >= 0.3 is 5.97 Å². The Morgan fingerprint density at radius 3 is 2.56 bits per heavy atom. The molecule has 9 heavy (non-hydrogen) atoms. The molecule has 0 aliphatic heterocycles. The molecule has 0 saturated heterocycles. The number of carbonyl (C=O) groups excluding carboxylic acids is 1. The standard InChI is InChI=1S/C6H12NO2/c1-3-9-6(8)4-5(2)7/h3-4,7H2,1-2H3. The Labute approximate surface area is 55.2 Å². The molecule has 0 heterocycles. The van der Waals surface area contributed by atoms with Crippen LogP contribution < -0.4 is 5.73 Å². The number of hydrogen-bond donors (Lipinski definition) is 1. The Morgan fingerprint density at radius 2 is 2.22 bits per heavy atom. The second-order valence-corrected chi connectivity index (χ2v) is 1.83. The molecule has 0 atom stereocenters. The summed E-state index contributed by atoms with van der Waals surface area (Å²) in [5, 5.41) is 0. The normalized spacial score (nSPS) is 9.78. The van der Waals surface area contributed by atoms with Crippen molar-refractivity contribution in [2.75, 3.05) is 6.61 Å². The highest BCUT2D eigenvalue weighted by Crippen LogP contribution is 1.95. The van der Waals surface area contributed by atoms with E-state index in [1.807, 2.05) is 0 Å². The number of nitrogens with two attached hydrogens (primary N) is 1. The van der Waals surface area contributed by atoms with Gasteiger partial charge in [0.05, 0.1) is 13.0 Å². The number of ether oxygens (including phenoxy) is 1. The minimum Gasteiger partial charge on any atom is -0.466 e. The second-order valence-electron chi connectivity index (χ2n) is 1.83. The molecule has 0 aliphatic carbocycles. The van der Waals surface area contributed by atoms with Gasteiger partial charge in [-0.05, 0) is 13.8 Å². The van der Waals surface area contributed by atoms with Gasteiger partial charge in [0.2, 0.25) is 0 Å². The molecule has 3 nitrogen and oxygen atoms in total. The Balaban J connectivity index is 3.27. The van der Waals surface area contributed by atoms with Gasteiger partial charge in [-0.3, -0.25) is 4.79 Å². The molecular formula is C6H12NO2. The number of carbonyl (C=O) groups is 1. The summed E-state index contributed by atoms with van der Waals surface area (Å²) in [7, 11) is 0. The van der Waals surface area contributed by atoms with Crippen molar-refractivity contribution in [2.24, 2.45) is 5.73 Å². The van der Waals surface area contributed by atoms with E-state index in [1.165, 1.54) is 0 Å². The molecule has 0 bridgehead atoms. The first-order chi connectivity index (χ1) is 4.16. The highest BCUT2D eigenvalue weighted by molar-refractivity contribution is 5.71. The van der Waals surface area contributed by atoms with Crippen LogP contribution in [0.4, 0.5) is 0 Å². The third kappa shape index (κ3) is 5.30. The van der Waals surface area contributed by atoms with Crippen molar-refractivity contribution in [3.05, 3.63) is 6.04 Å². The SMILES string of the molecule is CCOC(=O)C[C](C)N. The van der Waals surface area contributed by atoms with E-state index in [9.17, 15) is 4.79 Å². The molecule has 1 radical (unpaired) electrons. The predicted octanol–water partition coefficient (Wildman–Crippen LogP) is 0.450. The first-order valence-corrected chi connectivity index (χ1v) is 2.90. The average Bonchev–Trinajstić information content (AvgIpc) is 1.63. The summed E-state index contributed by atoms with van der Waals surface area (Å²) in [6.07, 6.45) is 0.230. The van der Waals surface area contributed by atoms with Gasteiger partial charge in [-0.1, -0.05) is 0 Å². The predicted molar refractivity (Wildman–Crippen MR) is 34.4 cm³/mol. The molecule has 0 amide bonds. The lowest BCUT2D eigenvalue weighted by molar-refractivity contribution is -0.142. The van der Waals surface area contributed by atoms with E-state index in [0.717, 1.165) is 0 Å². The van der Waals surface area contributed by atoms with Crippen LogP contribution in [0.1, 0.15) is 20.3 Å². The molecule has 0 fully saturated rings. The average molecular weight is 130 g/mol. The van der Waals surface area contributed by atoms with Crippen LogP contribution in [0.15, 0.2) is 0 Å². The highest BCUT2D eigenvalue weighted by Gasteiger charge is 2.04. The molecule has 0 aliphatic rings. The maximum atomic E-state index is 10.5. The van der Waals surface area contributed by atoms with Gasteiger partial charge in [0.1, 0.15) is 0 Å². The molecule has 0 spiro atoms. The van der Waals surface area contributed by atoms with Gasteiger partial charge in [-0.15, -0.1) is 0 Å². The van der Waals surface area contributed by atoms with Gasteiger partial charge in [0, 0.05) is 6.04 Å². The minimum atomic E-state index is -0.252. The fourth-order valence-electron chi connectivity index (χ4n) is 0.440. The third-order valence-corrected chi connectivity index (χ3v) is 0.729. The highest BCUT2D eigenvalue weighted by atomic mass is 16.5. The molecule has 0 saturated carbocycles. The van der Waals surface area contributed by atoms with Crippen molar-refractivity contribution in [1.82, 2.24) is 0 Å². The van der Waals surface area contributed by atoms with E-state index in [4.69, 9.17) is 5.73 Å². The Hall–Kier alpha value is -0.570. The molecule has 0 aromatic carbocycles. The quantitative estimate of drug-likeness (QED) is 0.564. The van der Waals surface area contributed by atoms with E-state index in [0.29, 0.717) is 12.6 Å². The van der Waals surface area contributed by atoms with E-state index in [2.05, 4.69) is 4.74 Å². The molecule has 53 valence electrons. The van der Waals surface area contributed by atoms with Crippen LogP contribution in [-0.4, -0.2) is 12.6 Å². The fourth-order valence-corrected chi connectivity index (χ4v) is 0.440. The summed E-state index contributed by atoms with van der Waals surface area (Å²) in [6.45, 7) is 3.88. The van der Waals surface area contributed by atoms with Crippen molar-refractivity contribution < 1.29 is 9.53 Å². The first-order valence-electron chi connectivity index (χ1n) is 2.90. The molecule has 0 aromatic rings. The molecular weight excluding hydrogens is 118 g/mol. The van der Waals surface area contributed by atoms with E-state index >= 15 is 0 Å². The van der Waals surface area contributed by atoms with Gasteiger partial charge in [-0.2, -0.15) is 0 Å². The summed E-state index contributed by atoms with van der Waals surface area (Å²) in [6, 6.07) is 0.591. The monoisotopic (exact) mass is 130 g/mol. The van der Waals surface area contributed by atoms with Crippen molar-refractivity contribution in [3.8, 4) is 0 Å². The topological polar surface area (TPSA) is 52.3 Å². The maximum absolute atomic E-state index is 10.5. The minimum absolute atomic E-state index is 0.230. The third-order valence-electron chi connectivity index (χ3n) is 0.729. The smallest absolute Gasteiger partial charge is 0.307 e. The molecule has 3 heteroatoms. The zero-order valence-corrected chi connectivity index (χ0v) is 5.81. The molecule has 2 N–H and O–H groups in total. The second kappa shape index (κ2) is 4.32. The van der Waals surface area contributed by atoms with E-state index < -0.39 is 0 Å². The summed E-state index contributed by atoms with van der Waals surface area (Å²) in [4.78, 5) is 10.5. The summed E-state index contributed by atoms with van der Waals surface area (Å²) in [5.74, 6) is -0.252. The summed E-state index contributed by atoms with van der Waals surface area (Å²) >= 11 is 0. The summed E-state index contributed by atoms with van der Waals surface area (Å²) < 4.78 is 4.61. The Bertz CT molecular complexity index is 91.1. The van der Waals surface area contributed by atoms with Gasteiger partial charge in [0.25, 0.3) is 0 Å².